The summed E-state index contributed by atoms with van der Waals surface area (Å²) in [5.74, 6) is 0.0451. The van der Waals surface area contributed by atoms with Gasteiger partial charge in [0.2, 0.25) is 0 Å². The first-order valence-corrected chi connectivity index (χ1v) is 10.1. The highest BCUT2D eigenvalue weighted by atomic mass is 35.5. The number of para-hydroxylation sites is 2. The van der Waals surface area contributed by atoms with Crippen LogP contribution < -0.4 is 15.6 Å². The zero-order chi connectivity index (χ0) is 22.0. The van der Waals surface area contributed by atoms with Gasteiger partial charge in [0.05, 0.1) is 29.4 Å². The number of amides is 1. The van der Waals surface area contributed by atoms with E-state index in [-0.39, 0.29) is 17.9 Å². The number of ether oxygens (including phenoxy) is 1. The van der Waals surface area contributed by atoms with Crippen LogP contribution in [0.3, 0.4) is 0 Å². The highest BCUT2D eigenvalue weighted by Gasteiger charge is 2.13. The third-order valence-electron chi connectivity index (χ3n) is 4.81. The second-order valence-electron chi connectivity index (χ2n) is 6.75. The van der Waals surface area contributed by atoms with Crippen molar-refractivity contribution in [2.45, 2.75) is 6.54 Å². The molecule has 6 nitrogen and oxygen atoms in total. The van der Waals surface area contributed by atoms with E-state index in [4.69, 9.17) is 27.9 Å². The highest BCUT2D eigenvalue weighted by molar-refractivity contribution is 6.36. The lowest BCUT2D eigenvalue weighted by atomic mass is 10.1. The van der Waals surface area contributed by atoms with E-state index < -0.39 is 0 Å². The Balaban J connectivity index is 1.65. The van der Waals surface area contributed by atoms with Crippen molar-refractivity contribution in [3.05, 3.63) is 86.5 Å². The Morgan fingerprint density at radius 3 is 2.29 bits per heavy atom. The van der Waals surface area contributed by atoms with Crippen LogP contribution in [0.25, 0.3) is 21.8 Å². The fraction of sp³-hybridized carbons (Fsp3) is 0.0870. The van der Waals surface area contributed by atoms with Crippen LogP contribution in [-0.4, -0.2) is 23.8 Å². The van der Waals surface area contributed by atoms with Crippen LogP contribution in [0.4, 0.5) is 0 Å². The zero-order valence-corrected chi connectivity index (χ0v) is 17.9. The van der Waals surface area contributed by atoms with Gasteiger partial charge in [0, 0.05) is 21.4 Å². The Bertz CT molecular complexity index is 1340. The van der Waals surface area contributed by atoms with E-state index >= 15 is 0 Å². The Morgan fingerprint density at radius 2 is 1.68 bits per heavy atom. The molecule has 4 rings (SSSR count). The van der Waals surface area contributed by atoms with Crippen molar-refractivity contribution >= 4 is 57.1 Å². The van der Waals surface area contributed by atoms with Gasteiger partial charge in [0.25, 0.3) is 5.91 Å². The third-order valence-corrected chi connectivity index (χ3v) is 5.31. The summed E-state index contributed by atoms with van der Waals surface area (Å²) < 4.78 is 7.06. The van der Waals surface area contributed by atoms with E-state index in [9.17, 15) is 9.59 Å². The van der Waals surface area contributed by atoms with E-state index in [0.717, 1.165) is 0 Å². The van der Waals surface area contributed by atoms with Crippen molar-refractivity contribution in [1.29, 1.82) is 0 Å². The number of fused-ring (bicyclic) bond motifs is 2. The number of hydrazone groups is 1. The predicted molar refractivity (Wildman–Crippen MR) is 124 cm³/mol. The van der Waals surface area contributed by atoms with Crippen LogP contribution in [0.2, 0.25) is 10.0 Å². The minimum absolute atomic E-state index is 0.0217. The number of methoxy groups -OCH3 is 1. The monoisotopic (exact) mass is 453 g/mol. The molecule has 0 radical (unpaired) electrons. The van der Waals surface area contributed by atoms with Crippen molar-refractivity contribution in [1.82, 2.24) is 9.99 Å². The van der Waals surface area contributed by atoms with Gasteiger partial charge in [-0.1, -0.05) is 47.5 Å². The number of hydrogen-bond acceptors (Lipinski definition) is 4. The first kappa shape index (κ1) is 20.9. The number of carbonyl (C=O) groups excluding carboxylic acids is 1. The summed E-state index contributed by atoms with van der Waals surface area (Å²) >= 11 is 12.2. The molecule has 0 fully saturated rings. The van der Waals surface area contributed by atoms with Gasteiger partial charge in [0.15, 0.2) is 5.43 Å². The topological polar surface area (TPSA) is 72.7 Å². The molecular weight excluding hydrogens is 437 g/mol. The average molecular weight is 454 g/mol. The number of pyridine rings is 1. The summed E-state index contributed by atoms with van der Waals surface area (Å²) in [7, 11) is 1.48. The van der Waals surface area contributed by atoms with Crippen LogP contribution in [0, 0.1) is 0 Å². The number of aromatic nitrogens is 1. The first-order chi connectivity index (χ1) is 15.0. The van der Waals surface area contributed by atoms with Gasteiger partial charge in [-0.2, -0.15) is 5.10 Å². The molecule has 3 aromatic carbocycles. The molecule has 0 saturated heterocycles. The molecule has 1 amide bonds. The second kappa shape index (κ2) is 8.79. The van der Waals surface area contributed by atoms with Gasteiger partial charge in [0.1, 0.15) is 12.3 Å². The molecule has 1 N–H and O–H groups in total. The molecule has 0 aliphatic rings. The molecular formula is C23H17Cl2N3O3. The average Bonchev–Trinajstić information content (AvgIpc) is 2.76. The highest BCUT2D eigenvalue weighted by Crippen LogP contribution is 2.31. The van der Waals surface area contributed by atoms with E-state index in [0.29, 0.717) is 43.2 Å². The van der Waals surface area contributed by atoms with Gasteiger partial charge in [-0.15, -0.1) is 0 Å². The number of nitrogens with one attached hydrogen (secondary N) is 1. The summed E-state index contributed by atoms with van der Waals surface area (Å²) in [6.45, 7) is -0.0217. The van der Waals surface area contributed by atoms with E-state index in [1.54, 1.807) is 41.0 Å². The standard InChI is InChI=1S/C23H17Cl2N3O3/c1-31-23-14(10-15(24)11-18(23)25)12-26-27-21(29)13-28-19-8-4-2-6-16(19)22(30)17-7-3-5-9-20(17)28/h2-12H,13H2,1H3,(H,27,29)/b26-12-. The van der Waals surface area contributed by atoms with Crippen molar-refractivity contribution in [2.24, 2.45) is 5.10 Å². The number of rotatable bonds is 5. The van der Waals surface area contributed by atoms with Gasteiger partial charge < -0.3 is 9.30 Å². The molecule has 1 aromatic heterocycles. The zero-order valence-electron chi connectivity index (χ0n) is 16.4. The minimum atomic E-state index is -0.359. The SMILES string of the molecule is COc1c(Cl)cc(Cl)cc1/C=N\NC(=O)Cn1c2ccccc2c(=O)c2ccccc21. The van der Waals surface area contributed by atoms with Crippen LogP contribution in [0.1, 0.15) is 5.56 Å². The molecule has 1 heterocycles. The molecule has 0 aliphatic heterocycles. The lowest BCUT2D eigenvalue weighted by molar-refractivity contribution is -0.121. The number of carbonyl (C=O) groups is 1. The van der Waals surface area contributed by atoms with Crippen molar-refractivity contribution in [2.75, 3.05) is 7.11 Å². The number of hydrogen-bond donors (Lipinski definition) is 1. The number of halogens is 2. The van der Waals surface area contributed by atoms with Crippen LogP contribution >= 0.6 is 23.2 Å². The molecule has 31 heavy (non-hydrogen) atoms. The molecule has 0 aliphatic carbocycles. The van der Waals surface area contributed by atoms with Crippen molar-refractivity contribution in [3.8, 4) is 5.75 Å². The summed E-state index contributed by atoms with van der Waals surface area (Å²) in [6, 6.07) is 17.6. The number of benzene rings is 3. The lowest BCUT2D eigenvalue weighted by Gasteiger charge is -2.14. The second-order valence-corrected chi connectivity index (χ2v) is 7.60. The molecule has 8 heteroatoms. The summed E-state index contributed by atoms with van der Waals surface area (Å²) in [4.78, 5) is 25.5. The molecule has 0 saturated carbocycles. The molecule has 0 atom stereocenters. The fourth-order valence-electron chi connectivity index (χ4n) is 3.49. The quantitative estimate of drug-likeness (QED) is 0.272. The van der Waals surface area contributed by atoms with E-state index in [1.807, 2.05) is 24.3 Å². The minimum Gasteiger partial charge on any atom is -0.495 e. The van der Waals surface area contributed by atoms with Gasteiger partial charge in [-0.3, -0.25) is 9.59 Å². The van der Waals surface area contributed by atoms with Gasteiger partial charge in [-0.25, -0.2) is 5.43 Å². The molecule has 0 unspecified atom stereocenters. The first-order valence-electron chi connectivity index (χ1n) is 9.35. The Morgan fingerprint density at radius 1 is 1.06 bits per heavy atom. The maximum atomic E-state index is 12.8. The van der Waals surface area contributed by atoms with Crippen LogP contribution in [-0.2, 0) is 11.3 Å². The van der Waals surface area contributed by atoms with Crippen LogP contribution in [0.15, 0.2) is 70.6 Å². The molecule has 0 spiro atoms. The van der Waals surface area contributed by atoms with Gasteiger partial charge in [-0.05, 0) is 36.4 Å². The van der Waals surface area contributed by atoms with Gasteiger partial charge >= 0.3 is 0 Å². The predicted octanol–water partition coefficient (Wildman–Crippen LogP) is 4.62. The Hall–Kier alpha value is -3.35. The molecule has 4 aromatic rings. The number of nitrogens with zero attached hydrogens (tertiary/aromatic N) is 2. The normalized spacial score (nSPS) is 11.3. The van der Waals surface area contributed by atoms with Crippen LogP contribution in [0.5, 0.6) is 5.75 Å². The van der Waals surface area contributed by atoms with Crippen molar-refractivity contribution < 1.29 is 9.53 Å². The van der Waals surface area contributed by atoms with E-state index in [1.165, 1.54) is 13.3 Å². The largest absolute Gasteiger partial charge is 0.495 e. The van der Waals surface area contributed by atoms with Crippen molar-refractivity contribution in [3.63, 3.8) is 0 Å². The molecule has 0 bridgehead atoms. The Labute approximate surface area is 187 Å². The maximum Gasteiger partial charge on any atom is 0.260 e. The smallest absolute Gasteiger partial charge is 0.260 e. The summed E-state index contributed by atoms with van der Waals surface area (Å²) in [5.41, 5.74) is 4.32. The Kier molecular flexibility index (Phi) is 5.93. The third kappa shape index (κ3) is 4.13. The van der Waals surface area contributed by atoms with E-state index in [2.05, 4.69) is 10.5 Å². The maximum absolute atomic E-state index is 12.8. The summed E-state index contributed by atoms with van der Waals surface area (Å²) in [6.07, 6.45) is 1.41. The lowest BCUT2D eigenvalue weighted by Crippen LogP contribution is -2.25. The fourth-order valence-corrected chi connectivity index (χ4v) is 4.08. The molecule has 156 valence electrons. The summed E-state index contributed by atoms with van der Waals surface area (Å²) in [5, 5.41) is 5.88.